The van der Waals surface area contributed by atoms with Crippen LogP contribution in [0.4, 0.5) is 0 Å². The normalized spacial score (nSPS) is 56.9. The molecule has 0 aliphatic heterocycles. The van der Waals surface area contributed by atoms with Gasteiger partial charge in [0, 0.05) is 5.41 Å². The van der Waals surface area contributed by atoms with Gasteiger partial charge in [0.1, 0.15) is 6.10 Å². The molecule has 0 unspecified atom stereocenters. The average molecular weight is 338 g/mol. The maximum atomic E-state index is 10.9. The monoisotopic (exact) mass is 338 g/mol. The molecule has 3 saturated carbocycles. The van der Waals surface area contributed by atoms with Gasteiger partial charge in [-0.25, -0.2) is 0 Å². The molecule has 4 aliphatic rings. The van der Waals surface area contributed by atoms with Gasteiger partial charge in [-0.05, 0) is 67.3 Å². The van der Waals surface area contributed by atoms with Crippen molar-refractivity contribution >= 4 is 0 Å². The minimum absolute atomic E-state index is 0.0132. The third kappa shape index (κ3) is 1.99. The highest BCUT2D eigenvalue weighted by Crippen LogP contribution is 2.64. The average Bonchev–Trinajstić information content (AvgIpc) is 2.91. The van der Waals surface area contributed by atoms with Crippen molar-refractivity contribution in [2.45, 2.75) is 69.9 Å². The van der Waals surface area contributed by atoms with E-state index in [1.54, 1.807) is 6.08 Å². The molecule has 0 aromatic heterocycles. The second-order valence-electron chi connectivity index (χ2n) is 8.89. The number of fused-ring (bicyclic) bond motifs is 5. The molecule has 5 N–H and O–H groups in total. The molecule has 0 spiro atoms. The van der Waals surface area contributed by atoms with Crippen molar-refractivity contribution < 1.29 is 25.5 Å². The van der Waals surface area contributed by atoms with E-state index in [1.807, 2.05) is 0 Å². The van der Waals surface area contributed by atoms with Crippen LogP contribution >= 0.6 is 0 Å². The first-order valence-electron chi connectivity index (χ1n) is 9.40. The van der Waals surface area contributed by atoms with Gasteiger partial charge in [0.15, 0.2) is 0 Å². The largest absolute Gasteiger partial charge is 0.396 e. The van der Waals surface area contributed by atoms with Crippen LogP contribution in [0, 0.1) is 28.6 Å². The lowest BCUT2D eigenvalue weighted by atomic mass is 9.47. The Morgan fingerprint density at radius 1 is 1.00 bits per heavy atom. The Kier molecular flexibility index (Phi) is 3.90. The highest BCUT2D eigenvalue weighted by Gasteiger charge is 2.62. The quantitative estimate of drug-likeness (QED) is 0.450. The highest BCUT2D eigenvalue weighted by molar-refractivity contribution is 5.31. The van der Waals surface area contributed by atoms with E-state index in [0.717, 1.165) is 31.3 Å². The van der Waals surface area contributed by atoms with Crippen LogP contribution in [0.2, 0.25) is 0 Å². The smallest absolute Gasteiger partial charge is 0.101 e. The van der Waals surface area contributed by atoms with E-state index in [-0.39, 0.29) is 29.8 Å². The molecular weight excluding hydrogens is 308 g/mol. The van der Waals surface area contributed by atoms with Crippen molar-refractivity contribution in [3.05, 3.63) is 11.6 Å². The Hall–Kier alpha value is -0.460. The van der Waals surface area contributed by atoms with Crippen LogP contribution in [0.15, 0.2) is 11.6 Å². The summed E-state index contributed by atoms with van der Waals surface area (Å²) >= 11 is 0. The topological polar surface area (TPSA) is 101 Å². The van der Waals surface area contributed by atoms with E-state index < -0.39 is 29.8 Å². The Balaban J connectivity index is 1.76. The Morgan fingerprint density at radius 3 is 2.46 bits per heavy atom. The predicted octanol–water partition coefficient (Wildman–Crippen LogP) is 0.585. The first-order valence-corrected chi connectivity index (χ1v) is 9.40. The Morgan fingerprint density at radius 2 is 1.75 bits per heavy atom. The molecule has 0 aromatic carbocycles. The van der Waals surface area contributed by atoms with Gasteiger partial charge in [0.2, 0.25) is 0 Å². The van der Waals surface area contributed by atoms with Gasteiger partial charge in [-0.1, -0.05) is 13.0 Å². The molecule has 24 heavy (non-hydrogen) atoms. The number of hydrogen-bond donors (Lipinski definition) is 5. The van der Waals surface area contributed by atoms with Crippen molar-refractivity contribution in [3.63, 3.8) is 0 Å². The zero-order valence-electron chi connectivity index (χ0n) is 14.3. The van der Waals surface area contributed by atoms with Gasteiger partial charge >= 0.3 is 0 Å². The summed E-state index contributed by atoms with van der Waals surface area (Å²) in [6, 6.07) is 0. The summed E-state index contributed by atoms with van der Waals surface area (Å²) in [6.45, 7) is 2.14. The molecular formula is C19H30O5. The Labute approximate surface area is 143 Å². The molecule has 0 heterocycles. The zero-order valence-corrected chi connectivity index (χ0v) is 14.3. The second kappa shape index (κ2) is 5.52. The first-order chi connectivity index (χ1) is 11.3. The van der Waals surface area contributed by atoms with E-state index in [4.69, 9.17) is 0 Å². The van der Waals surface area contributed by atoms with Crippen molar-refractivity contribution in [1.82, 2.24) is 0 Å². The van der Waals surface area contributed by atoms with Gasteiger partial charge < -0.3 is 25.5 Å². The van der Waals surface area contributed by atoms with E-state index in [1.165, 1.54) is 0 Å². The van der Waals surface area contributed by atoms with Crippen LogP contribution in [-0.2, 0) is 0 Å². The summed E-state index contributed by atoms with van der Waals surface area (Å²) in [5.41, 5.74) is 0.110. The first kappa shape index (κ1) is 17.0. The molecule has 0 bridgehead atoms. The summed E-state index contributed by atoms with van der Waals surface area (Å²) < 4.78 is 0. The molecule has 5 nitrogen and oxygen atoms in total. The number of rotatable bonds is 1. The van der Waals surface area contributed by atoms with Crippen LogP contribution in [0.5, 0.6) is 0 Å². The molecule has 4 aliphatic carbocycles. The van der Waals surface area contributed by atoms with E-state index >= 15 is 0 Å². The summed E-state index contributed by atoms with van der Waals surface area (Å²) in [6.07, 6.45) is 3.49. The molecule has 9 atom stereocenters. The molecule has 0 amide bonds. The minimum Gasteiger partial charge on any atom is -0.396 e. The number of hydrogen-bond acceptors (Lipinski definition) is 5. The van der Waals surface area contributed by atoms with Crippen LogP contribution in [0.1, 0.15) is 45.4 Å². The van der Waals surface area contributed by atoms with Crippen molar-refractivity contribution in [3.8, 4) is 0 Å². The lowest BCUT2D eigenvalue weighted by molar-refractivity contribution is -0.137. The fourth-order valence-corrected chi connectivity index (χ4v) is 6.78. The summed E-state index contributed by atoms with van der Waals surface area (Å²) in [5.74, 6) is 0.355. The molecule has 5 heteroatoms. The highest BCUT2D eigenvalue weighted by atomic mass is 16.3. The van der Waals surface area contributed by atoms with Crippen molar-refractivity contribution in [1.29, 1.82) is 0 Å². The predicted molar refractivity (Wildman–Crippen MR) is 87.9 cm³/mol. The van der Waals surface area contributed by atoms with Crippen LogP contribution in [0.25, 0.3) is 0 Å². The van der Waals surface area contributed by atoms with Gasteiger partial charge in [0.25, 0.3) is 0 Å². The molecule has 0 aromatic rings. The van der Waals surface area contributed by atoms with Gasteiger partial charge in [0.05, 0.1) is 24.9 Å². The van der Waals surface area contributed by atoms with E-state index in [9.17, 15) is 25.5 Å². The molecule has 4 rings (SSSR count). The second-order valence-corrected chi connectivity index (χ2v) is 8.89. The van der Waals surface area contributed by atoms with Gasteiger partial charge in [-0.2, -0.15) is 0 Å². The van der Waals surface area contributed by atoms with Gasteiger partial charge in [-0.15, -0.1) is 0 Å². The maximum Gasteiger partial charge on any atom is 0.101 e. The third-order valence-electron chi connectivity index (χ3n) is 8.16. The Bertz CT molecular complexity index is 548. The molecule has 3 fully saturated rings. The summed E-state index contributed by atoms with van der Waals surface area (Å²) in [4.78, 5) is 0. The van der Waals surface area contributed by atoms with Crippen LogP contribution < -0.4 is 0 Å². The number of aliphatic hydroxyl groups excluding tert-OH is 5. The lowest BCUT2D eigenvalue weighted by Gasteiger charge is -2.59. The molecule has 136 valence electrons. The van der Waals surface area contributed by atoms with Gasteiger partial charge in [-0.3, -0.25) is 0 Å². The summed E-state index contributed by atoms with van der Waals surface area (Å²) in [7, 11) is 0. The van der Waals surface area contributed by atoms with Crippen molar-refractivity contribution in [2.75, 3.05) is 6.61 Å². The molecule has 0 radical (unpaired) electrons. The van der Waals surface area contributed by atoms with E-state index in [2.05, 4.69) is 6.92 Å². The lowest BCUT2D eigenvalue weighted by Crippen LogP contribution is -2.58. The van der Waals surface area contributed by atoms with E-state index in [0.29, 0.717) is 12.8 Å². The fraction of sp³-hybridized carbons (Fsp3) is 0.895. The summed E-state index contributed by atoms with van der Waals surface area (Å²) in [5, 5.41) is 51.9. The van der Waals surface area contributed by atoms with Crippen molar-refractivity contribution in [2.24, 2.45) is 28.6 Å². The number of aliphatic hydroxyl groups is 5. The third-order valence-corrected chi connectivity index (χ3v) is 8.16. The fourth-order valence-electron chi connectivity index (χ4n) is 6.78. The SMILES string of the molecule is C[C@]12CC[C@H](O)[C@H](O)C1=C[C@H](O)[C@H]1[C@@H]3CC[C@H](O)[C@@]3(CO)CC[C@@H]12. The molecule has 0 saturated heterocycles. The minimum atomic E-state index is -0.891. The van der Waals surface area contributed by atoms with Crippen LogP contribution in [0.3, 0.4) is 0 Å². The maximum absolute atomic E-state index is 10.9. The standard InChI is InChI=1S/C19H30O5/c1-18-6-5-13(21)17(24)12(18)8-14(22)16-10(18)4-7-19(9-20)11(16)2-3-15(19)23/h8,10-11,13-17,20-24H,2-7,9H2,1H3/t10-,11-,13-,14-,15-,16+,17+,18+,19+/m0/s1. The van der Waals surface area contributed by atoms with Crippen LogP contribution in [-0.4, -0.2) is 56.6 Å². The zero-order chi connectivity index (χ0) is 17.3.